The highest BCUT2D eigenvalue weighted by molar-refractivity contribution is 7.90. The molecular weight excluding hydrogens is 473 g/mol. The van der Waals surface area contributed by atoms with E-state index in [4.69, 9.17) is 9.47 Å². The molecule has 10 heteroatoms. The predicted octanol–water partition coefficient (Wildman–Crippen LogP) is 3.09. The Bertz CT molecular complexity index is 1150. The summed E-state index contributed by atoms with van der Waals surface area (Å²) in [6.07, 6.45) is 6.80. The fraction of sp³-hybridized carbons (Fsp3) is 0.600. The number of ether oxygens (including phenoxy) is 2. The predicted molar refractivity (Wildman–Crippen MR) is 126 cm³/mol. The molecule has 1 aromatic carbocycles. The number of aromatic nitrogens is 2. The van der Waals surface area contributed by atoms with E-state index in [1.54, 1.807) is 15.5 Å². The third-order valence-corrected chi connectivity index (χ3v) is 8.51. The SMILES string of the molecule is O=C(C1CC1)N(Cc1cnc(S(=O)(=O)Cc2ccccc2F)n1C[C@@H]1CCCO1)C[C@H]1CCCO1. The number of imidazole rings is 1. The van der Waals surface area contributed by atoms with Crippen molar-refractivity contribution in [2.24, 2.45) is 5.92 Å². The number of nitrogens with zero attached hydrogens (tertiary/aromatic N) is 3. The Hall–Kier alpha value is -2.30. The van der Waals surface area contributed by atoms with E-state index in [0.29, 0.717) is 32.0 Å². The second kappa shape index (κ2) is 10.4. The molecule has 0 radical (unpaired) electrons. The van der Waals surface area contributed by atoms with Crippen molar-refractivity contribution in [2.45, 2.75) is 74.7 Å². The van der Waals surface area contributed by atoms with Gasteiger partial charge in [-0.15, -0.1) is 0 Å². The summed E-state index contributed by atoms with van der Waals surface area (Å²) in [6, 6.07) is 5.87. The van der Waals surface area contributed by atoms with Gasteiger partial charge in [-0.25, -0.2) is 17.8 Å². The summed E-state index contributed by atoms with van der Waals surface area (Å²) in [6.45, 7) is 2.40. The standard InChI is InChI=1S/C25H32FN3O5S/c26-23-8-2-1-5-19(23)17-35(31,32)25-27-13-20(29(25)16-22-7-4-12-34-22)14-28(24(30)18-9-10-18)15-21-6-3-11-33-21/h1-2,5,8,13,18,21-22H,3-4,6-7,9-12,14-17H2/t21-,22+/m1/s1. The molecular formula is C25H32FN3O5S. The number of benzene rings is 1. The van der Waals surface area contributed by atoms with Gasteiger partial charge in [-0.05, 0) is 44.6 Å². The Kier molecular flexibility index (Phi) is 7.22. The van der Waals surface area contributed by atoms with Crippen molar-refractivity contribution in [3.63, 3.8) is 0 Å². The van der Waals surface area contributed by atoms with E-state index in [2.05, 4.69) is 4.98 Å². The third-order valence-electron chi connectivity index (χ3n) is 6.93. The van der Waals surface area contributed by atoms with Crippen LogP contribution >= 0.6 is 0 Å². The molecule has 2 aromatic rings. The van der Waals surface area contributed by atoms with Crippen LogP contribution in [0, 0.1) is 11.7 Å². The van der Waals surface area contributed by atoms with Crippen molar-refractivity contribution in [1.82, 2.24) is 14.5 Å². The van der Waals surface area contributed by atoms with E-state index < -0.39 is 21.4 Å². The zero-order valence-corrected chi connectivity index (χ0v) is 20.6. The zero-order chi connectivity index (χ0) is 24.4. The summed E-state index contributed by atoms with van der Waals surface area (Å²) in [4.78, 5) is 19.2. The van der Waals surface area contributed by atoms with Crippen LogP contribution < -0.4 is 0 Å². The van der Waals surface area contributed by atoms with E-state index in [0.717, 1.165) is 38.5 Å². The van der Waals surface area contributed by atoms with Crippen LogP contribution in [0.15, 0.2) is 35.6 Å². The van der Waals surface area contributed by atoms with Gasteiger partial charge in [-0.2, -0.15) is 0 Å². The van der Waals surface area contributed by atoms with Crippen molar-refractivity contribution >= 4 is 15.7 Å². The topological polar surface area (TPSA) is 90.7 Å². The van der Waals surface area contributed by atoms with Crippen LogP contribution in [0.4, 0.5) is 4.39 Å². The van der Waals surface area contributed by atoms with Crippen molar-refractivity contribution in [3.05, 3.63) is 47.5 Å². The van der Waals surface area contributed by atoms with Crippen molar-refractivity contribution in [1.29, 1.82) is 0 Å². The molecule has 1 aliphatic carbocycles. The maximum Gasteiger partial charge on any atom is 0.228 e. The van der Waals surface area contributed by atoms with Crippen molar-refractivity contribution < 1.29 is 27.1 Å². The minimum Gasteiger partial charge on any atom is -0.376 e. The summed E-state index contributed by atoms with van der Waals surface area (Å²) in [5.41, 5.74) is 0.740. The lowest BCUT2D eigenvalue weighted by Crippen LogP contribution is -2.38. The lowest BCUT2D eigenvalue weighted by Gasteiger charge is -2.26. The van der Waals surface area contributed by atoms with E-state index >= 15 is 0 Å². The molecule has 2 atom stereocenters. The fourth-order valence-electron chi connectivity index (χ4n) is 4.89. The van der Waals surface area contributed by atoms with Gasteiger partial charge in [0.05, 0.1) is 42.9 Å². The normalized spacial score (nSPS) is 22.5. The molecule has 2 aliphatic heterocycles. The van der Waals surface area contributed by atoms with Gasteiger partial charge < -0.3 is 18.9 Å². The minimum atomic E-state index is -3.94. The van der Waals surface area contributed by atoms with Crippen LogP contribution in [0.1, 0.15) is 49.8 Å². The van der Waals surface area contributed by atoms with Gasteiger partial charge >= 0.3 is 0 Å². The molecule has 1 amide bonds. The first kappa shape index (κ1) is 24.4. The number of hydrogen-bond donors (Lipinski definition) is 0. The molecule has 2 saturated heterocycles. The van der Waals surface area contributed by atoms with Gasteiger partial charge in [0.2, 0.25) is 20.9 Å². The largest absolute Gasteiger partial charge is 0.376 e. The summed E-state index contributed by atoms with van der Waals surface area (Å²) < 4.78 is 54.2. The Morgan fingerprint density at radius 2 is 1.80 bits per heavy atom. The molecule has 8 nitrogen and oxygen atoms in total. The van der Waals surface area contributed by atoms with Crippen LogP contribution in [0.25, 0.3) is 0 Å². The Labute approximate surface area is 205 Å². The zero-order valence-electron chi connectivity index (χ0n) is 19.8. The first-order chi connectivity index (χ1) is 16.9. The second-order valence-electron chi connectivity index (χ2n) is 9.76. The molecule has 3 aliphatic rings. The minimum absolute atomic E-state index is 0.00324. The Balaban J connectivity index is 1.44. The van der Waals surface area contributed by atoms with Crippen molar-refractivity contribution in [2.75, 3.05) is 19.8 Å². The van der Waals surface area contributed by atoms with Crippen molar-refractivity contribution in [3.8, 4) is 0 Å². The number of amides is 1. The van der Waals surface area contributed by atoms with Crippen LogP contribution in [-0.4, -0.2) is 60.7 Å². The molecule has 1 saturated carbocycles. The first-order valence-electron chi connectivity index (χ1n) is 12.4. The smallest absolute Gasteiger partial charge is 0.228 e. The summed E-state index contributed by atoms with van der Waals surface area (Å²) in [7, 11) is -3.94. The van der Waals surface area contributed by atoms with Gasteiger partial charge in [0, 0.05) is 31.2 Å². The molecule has 5 rings (SSSR count). The van der Waals surface area contributed by atoms with Crippen LogP contribution in [0.3, 0.4) is 0 Å². The molecule has 0 bridgehead atoms. The third kappa shape index (κ3) is 5.76. The average molecular weight is 506 g/mol. The average Bonchev–Trinajstić information content (AvgIpc) is 3.18. The Morgan fingerprint density at radius 3 is 2.46 bits per heavy atom. The molecule has 190 valence electrons. The lowest BCUT2D eigenvalue weighted by molar-refractivity contribution is -0.134. The number of hydrogen-bond acceptors (Lipinski definition) is 6. The fourth-order valence-corrected chi connectivity index (χ4v) is 6.40. The molecule has 0 spiro atoms. The highest BCUT2D eigenvalue weighted by atomic mass is 32.2. The quantitative estimate of drug-likeness (QED) is 0.493. The van der Waals surface area contributed by atoms with Crippen LogP contribution in [0.5, 0.6) is 0 Å². The highest BCUT2D eigenvalue weighted by Gasteiger charge is 2.36. The van der Waals surface area contributed by atoms with E-state index in [9.17, 15) is 17.6 Å². The number of halogens is 1. The maximum atomic E-state index is 14.2. The number of rotatable bonds is 10. The molecule has 3 fully saturated rings. The molecule has 0 N–H and O–H groups in total. The number of carbonyl (C=O) groups is 1. The Morgan fingerprint density at radius 1 is 1.09 bits per heavy atom. The van der Waals surface area contributed by atoms with Gasteiger partial charge in [-0.3, -0.25) is 4.79 Å². The molecule has 0 unspecified atom stereocenters. The van der Waals surface area contributed by atoms with Gasteiger partial charge in [0.1, 0.15) is 5.82 Å². The van der Waals surface area contributed by atoms with E-state index in [1.807, 2.05) is 0 Å². The van der Waals surface area contributed by atoms with E-state index in [-0.39, 0.29) is 41.3 Å². The molecule has 3 heterocycles. The number of carbonyl (C=O) groups excluding carboxylic acids is 1. The van der Waals surface area contributed by atoms with Crippen LogP contribution in [-0.2, 0) is 42.9 Å². The summed E-state index contributed by atoms with van der Waals surface area (Å²) >= 11 is 0. The first-order valence-corrected chi connectivity index (χ1v) is 14.1. The molecule has 1 aromatic heterocycles. The van der Waals surface area contributed by atoms with Gasteiger partial charge in [0.15, 0.2) is 0 Å². The summed E-state index contributed by atoms with van der Waals surface area (Å²) in [5.74, 6) is -0.926. The maximum absolute atomic E-state index is 14.2. The van der Waals surface area contributed by atoms with E-state index in [1.165, 1.54) is 24.4 Å². The second-order valence-corrected chi connectivity index (χ2v) is 11.6. The van der Waals surface area contributed by atoms with Gasteiger partial charge in [0.25, 0.3) is 0 Å². The van der Waals surface area contributed by atoms with Crippen LogP contribution in [0.2, 0.25) is 0 Å². The lowest BCUT2D eigenvalue weighted by atomic mass is 10.2. The highest BCUT2D eigenvalue weighted by Crippen LogP contribution is 2.32. The summed E-state index contributed by atoms with van der Waals surface area (Å²) in [5, 5.41) is -0.109. The monoisotopic (exact) mass is 505 g/mol. The molecule has 35 heavy (non-hydrogen) atoms. The van der Waals surface area contributed by atoms with Gasteiger partial charge in [-0.1, -0.05) is 18.2 Å². The number of sulfone groups is 1.